The Kier molecular flexibility index (Phi) is 4.83. The second kappa shape index (κ2) is 5.92. The molecule has 1 aromatic rings. The van der Waals surface area contributed by atoms with Gasteiger partial charge < -0.3 is 11.1 Å². The molecule has 3 N–H and O–H groups in total. The summed E-state index contributed by atoms with van der Waals surface area (Å²) in [6.07, 6.45) is 2.04. The summed E-state index contributed by atoms with van der Waals surface area (Å²) >= 11 is 1.70. The first-order valence-electron chi connectivity index (χ1n) is 5.24. The third-order valence-corrected chi connectivity index (χ3v) is 3.13. The van der Waals surface area contributed by atoms with E-state index in [0.29, 0.717) is 0 Å². The Labute approximate surface area is 101 Å². The molecule has 0 saturated heterocycles. The number of hydrogen-bond acceptors (Lipinski definition) is 3. The Morgan fingerprint density at radius 3 is 2.31 bits per heavy atom. The first-order chi connectivity index (χ1) is 7.54. The lowest BCUT2D eigenvalue weighted by Crippen LogP contribution is -2.39. The quantitative estimate of drug-likeness (QED) is 0.788. The van der Waals surface area contributed by atoms with Gasteiger partial charge in [-0.05, 0) is 37.8 Å². The van der Waals surface area contributed by atoms with Crippen LogP contribution >= 0.6 is 11.8 Å². The van der Waals surface area contributed by atoms with Gasteiger partial charge >= 0.3 is 0 Å². The molecule has 0 aliphatic rings. The van der Waals surface area contributed by atoms with Crippen molar-refractivity contribution in [2.75, 3.05) is 6.26 Å². The molecule has 2 atom stereocenters. The molecule has 3 nitrogen and oxygen atoms in total. The Hall–Kier alpha value is -1.00. The predicted octanol–water partition coefficient (Wildman–Crippen LogP) is 1.93. The largest absolute Gasteiger partial charge is 0.348 e. The van der Waals surface area contributed by atoms with Gasteiger partial charge in [0.2, 0.25) is 5.91 Å². The Bertz CT molecular complexity index is 349. The zero-order chi connectivity index (χ0) is 12.1. The van der Waals surface area contributed by atoms with Crippen molar-refractivity contribution in [1.82, 2.24) is 5.32 Å². The molecule has 1 unspecified atom stereocenters. The Morgan fingerprint density at radius 1 is 1.31 bits per heavy atom. The highest BCUT2D eigenvalue weighted by molar-refractivity contribution is 7.98. The van der Waals surface area contributed by atoms with Crippen LogP contribution in [0.5, 0.6) is 0 Å². The molecule has 0 fully saturated rings. The van der Waals surface area contributed by atoms with Crippen molar-refractivity contribution in [1.29, 1.82) is 0 Å². The molecule has 4 heteroatoms. The van der Waals surface area contributed by atoms with Gasteiger partial charge in [-0.1, -0.05) is 12.1 Å². The highest BCUT2D eigenvalue weighted by Crippen LogP contribution is 2.18. The summed E-state index contributed by atoms with van der Waals surface area (Å²) < 4.78 is 0. The number of amides is 1. The molecule has 0 saturated carbocycles. The minimum atomic E-state index is -0.465. The number of nitrogens with one attached hydrogen (secondary N) is 1. The van der Waals surface area contributed by atoms with Crippen molar-refractivity contribution in [2.24, 2.45) is 5.73 Å². The van der Waals surface area contributed by atoms with E-state index < -0.39 is 6.04 Å². The summed E-state index contributed by atoms with van der Waals surface area (Å²) in [6.45, 7) is 3.63. The van der Waals surface area contributed by atoms with Gasteiger partial charge in [0, 0.05) is 4.90 Å². The van der Waals surface area contributed by atoms with Crippen LogP contribution in [-0.2, 0) is 4.79 Å². The van der Waals surface area contributed by atoms with Crippen molar-refractivity contribution in [3.63, 3.8) is 0 Å². The topological polar surface area (TPSA) is 55.1 Å². The van der Waals surface area contributed by atoms with Crippen LogP contribution in [0.25, 0.3) is 0 Å². The van der Waals surface area contributed by atoms with E-state index in [1.165, 1.54) is 4.90 Å². The van der Waals surface area contributed by atoms with Gasteiger partial charge in [-0.2, -0.15) is 0 Å². The van der Waals surface area contributed by atoms with Gasteiger partial charge in [0.25, 0.3) is 0 Å². The maximum atomic E-state index is 11.4. The highest BCUT2D eigenvalue weighted by atomic mass is 32.2. The van der Waals surface area contributed by atoms with E-state index in [1.54, 1.807) is 18.7 Å². The molecule has 1 rings (SSSR count). The second-order valence-corrected chi connectivity index (χ2v) is 4.67. The van der Waals surface area contributed by atoms with E-state index in [9.17, 15) is 4.79 Å². The molecule has 1 amide bonds. The van der Waals surface area contributed by atoms with E-state index in [4.69, 9.17) is 5.73 Å². The number of carbonyl (C=O) groups is 1. The molecule has 0 heterocycles. The first-order valence-corrected chi connectivity index (χ1v) is 6.47. The van der Waals surface area contributed by atoms with E-state index in [1.807, 2.05) is 25.3 Å². The van der Waals surface area contributed by atoms with Crippen LogP contribution in [0.2, 0.25) is 0 Å². The zero-order valence-corrected chi connectivity index (χ0v) is 10.7. The minimum Gasteiger partial charge on any atom is -0.348 e. The molecule has 0 aliphatic carbocycles. The average molecular weight is 238 g/mol. The lowest BCUT2D eigenvalue weighted by atomic mass is 10.1. The summed E-state index contributed by atoms with van der Waals surface area (Å²) in [7, 11) is 0. The van der Waals surface area contributed by atoms with Crippen molar-refractivity contribution in [2.45, 2.75) is 30.8 Å². The molecule has 0 spiro atoms. The number of rotatable bonds is 4. The standard InChI is InChI=1S/C12H18N2OS/c1-8(13)12(15)14-9(2)10-4-6-11(16-3)7-5-10/h4-9H,13H2,1-3H3,(H,14,15)/t8-,9?/m1/s1. The molecule has 1 aromatic carbocycles. The van der Waals surface area contributed by atoms with Crippen molar-refractivity contribution >= 4 is 17.7 Å². The molecule has 0 radical (unpaired) electrons. The zero-order valence-electron chi connectivity index (χ0n) is 9.86. The Morgan fingerprint density at radius 2 is 1.88 bits per heavy atom. The SMILES string of the molecule is CSc1ccc(C(C)NC(=O)[C@@H](C)N)cc1. The normalized spacial score (nSPS) is 14.2. The summed E-state index contributed by atoms with van der Waals surface area (Å²) in [6, 6.07) is 7.68. The summed E-state index contributed by atoms with van der Waals surface area (Å²) in [5.74, 6) is -0.124. The van der Waals surface area contributed by atoms with E-state index >= 15 is 0 Å². The average Bonchev–Trinajstić information content (AvgIpc) is 2.28. The third-order valence-electron chi connectivity index (χ3n) is 2.39. The van der Waals surface area contributed by atoms with Gasteiger partial charge in [-0.15, -0.1) is 11.8 Å². The predicted molar refractivity (Wildman–Crippen MR) is 68.4 cm³/mol. The molecule has 88 valence electrons. The molecule has 0 aliphatic heterocycles. The van der Waals surface area contributed by atoms with Gasteiger partial charge in [-0.3, -0.25) is 4.79 Å². The lowest BCUT2D eigenvalue weighted by Gasteiger charge is -2.16. The van der Waals surface area contributed by atoms with Gasteiger partial charge in [0.1, 0.15) is 0 Å². The van der Waals surface area contributed by atoms with E-state index in [0.717, 1.165) is 5.56 Å². The van der Waals surface area contributed by atoms with Crippen LogP contribution in [0, 0.1) is 0 Å². The number of hydrogen-bond donors (Lipinski definition) is 2. The van der Waals surface area contributed by atoms with Crippen LogP contribution in [0.1, 0.15) is 25.5 Å². The van der Waals surface area contributed by atoms with Gasteiger partial charge in [-0.25, -0.2) is 0 Å². The van der Waals surface area contributed by atoms with E-state index in [2.05, 4.69) is 17.4 Å². The molecular weight excluding hydrogens is 220 g/mol. The smallest absolute Gasteiger partial charge is 0.237 e. The number of benzene rings is 1. The first kappa shape index (κ1) is 13.1. The highest BCUT2D eigenvalue weighted by Gasteiger charge is 2.12. The van der Waals surface area contributed by atoms with Crippen molar-refractivity contribution < 1.29 is 4.79 Å². The number of carbonyl (C=O) groups excluding carboxylic acids is 1. The number of nitrogens with two attached hydrogens (primary N) is 1. The second-order valence-electron chi connectivity index (χ2n) is 3.79. The minimum absolute atomic E-state index is 0.00518. The molecule has 0 bridgehead atoms. The lowest BCUT2D eigenvalue weighted by molar-refractivity contribution is -0.122. The van der Waals surface area contributed by atoms with Crippen LogP contribution in [-0.4, -0.2) is 18.2 Å². The van der Waals surface area contributed by atoms with Crippen molar-refractivity contribution in [3.05, 3.63) is 29.8 Å². The molecule has 16 heavy (non-hydrogen) atoms. The third kappa shape index (κ3) is 3.54. The van der Waals surface area contributed by atoms with Crippen LogP contribution in [0.3, 0.4) is 0 Å². The Balaban J connectivity index is 2.65. The van der Waals surface area contributed by atoms with Crippen LogP contribution in [0.15, 0.2) is 29.2 Å². The summed E-state index contributed by atoms with van der Waals surface area (Å²) in [5, 5.41) is 2.86. The fourth-order valence-electron chi connectivity index (χ4n) is 1.32. The maximum Gasteiger partial charge on any atom is 0.237 e. The van der Waals surface area contributed by atoms with Crippen LogP contribution < -0.4 is 11.1 Å². The molecular formula is C12H18N2OS. The van der Waals surface area contributed by atoms with Crippen molar-refractivity contribution in [3.8, 4) is 0 Å². The van der Waals surface area contributed by atoms with Gasteiger partial charge in [0.05, 0.1) is 12.1 Å². The van der Waals surface area contributed by atoms with Gasteiger partial charge in [0.15, 0.2) is 0 Å². The fourth-order valence-corrected chi connectivity index (χ4v) is 1.73. The van der Waals surface area contributed by atoms with E-state index in [-0.39, 0.29) is 11.9 Å². The summed E-state index contributed by atoms with van der Waals surface area (Å²) in [5.41, 5.74) is 6.58. The number of thioether (sulfide) groups is 1. The monoisotopic (exact) mass is 238 g/mol. The molecule has 0 aromatic heterocycles. The van der Waals surface area contributed by atoms with Crippen LogP contribution in [0.4, 0.5) is 0 Å². The maximum absolute atomic E-state index is 11.4. The fraction of sp³-hybridized carbons (Fsp3) is 0.417. The summed E-state index contributed by atoms with van der Waals surface area (Å²) in [4.78, 5) is 12.6.